The first kappa shape index (κ1) is 8.55. The van der Waals surface area contributed by atoms with Crippen molar-refractivity contribution in [1.29, 1.82) is 0 Å². The second-order valence-corrected chi connectivity index (χ2v) is 2.89. The second kappa shape index (κ2) is 3.02. The van der Waals surface area contributed by atoms with Crippen LogP contribution in [0, 0.1) is 6.92 Å². The van der Waals surface area contributed by atoms with Gasteiger partial charge in [0.1, 0.15) is 11.5 Å². The largest absolute Gasteiger partial charge is 0.478 e. The van der Waals surface area contributed by atoms with E-state index in [-0.39, 0.29) is 5.56 Å². The molecule has 0 aliphatic carbocycles. The molecule has 0 unspecified atom stereocenters. The van der Waals surface area contributed by atoms with E-state index in [1.165, 1.54) is 6.07 Å². The average molecular weight is 192 g/mol. The van der Waals surface area contributed by atoms with Crippen LogP contribution in [0.4, 0.5) is 0 Å². The number of H-pyrrole nitrogens is 1. The summed E-state index contributed by atoms with van der Waals surface area (Å²) in [5.41, 5.74) is 1.16. The molecule has 0 radical (unpaired) electrons. The van der Waals surface area contributed by atoms with Crippen LogP contribution in [0.25, 0.3) is 11.4 Å². The summed E-state index contributed by atoms with van der Waals surface area (Å²) < 4.78 is 4.86. The number of aromatic amines is 1. The Hall–Kier alpha value is -2.04. The molecule has 2 N–H and O–H groups in total. The van der Waals surface area contributed by atoms with Gasteiger partial charge in [0.15, 0.2) is 0 Å². The Morgan fingerprint density at radius 3 is 3.00 bits per heavy atom. The van der Waals surface area contributed by atoms with E-state index in [2.05, 4.69) is 10.1 Å². The summed E-state index contributed by atoms with van der Waals surface area (Å²) in [6.07, 6.45) is 1.56. The molecule has 2 rings (SSSR count). The third-order valence-electron chi connectivity index (χ3n) is 1.86. The second-order valence-electron chi connectivity index (χ2n) is 2.89. The lowest BCUT2D eigenvalue weighted by Crippen LogP contribution is -1.96. The van der Waals surface area contributed by atoms with Gasteiger partial charge in [-0.25, -0.2) is 4.79 Å². The molecule has 0 spiro atoms. The highest BCUT2D eigenvalue weighted by Gasteiger charge is 2.15. The highest BCUT2D eigenvalue weighted by Crippen LogP contribution is 2.21. The van der Waals surface area contributed by atoms with Crippen LogP contribution in [-0.2, 0) is 0 Å². The highest BCUT2D eigenvalue weighted by atomic mass is 16.5. The van der Waals surface area contributed by atoms with Gasteiger partial charge in [-0.3, -0.25) is 0 Å². The molecule has 0 atom stereocenters. The van der Waals surface area contributed by atoms with Gasteiger partial charge in [0.25, 0.3) is 0 Å². The molecule has 72 valence electrons. The fourth-order valence-corrected chi connectivity index (χ4v) is 1.24. The van der Waals surface area contributed by atoms with Crippen molar-refractivity contribution in [3.63, 3.8) is 0 Å². The summed E-state index contributed by atoms with van der Waals surface area (Å²) in [5.74, 6) is -0.340. The van der Waals surface area contributed by atoms with E-state index < -0.39 is 5.97 Å². The molecule has 0 amide bonds. The van der Waals surface area contributed by atoms with Crippen molar-refractivity contribution < 1.29 is 14.4 Å². The molecule has 2 aromatic heterocycles. The van der Waals surface area contributed by atoms with Gasteiger partial charge < -0.3 is 14.6 Å². The van der Waals surface area contributed by atoms with Crippen molar-refractivity contribution in [2.45, 2.75) is 6.92 Å². The van der Waals surface area contributed by atoms with E-state index in [1.54, 1.807) is 19.2 Å². The lowest BCUT2D eigenvalue weighted by Gasteiger charge is -1.93. The topological polar surface area (TPSA) is 79.1 Å². The maximum atomic E-state index is 10.8. The van der Waals surface area contributed by atoms with E-state index in [9.17, 15) is 4.79 Å². The van der Waals surface area contributed by atoms with Crippen molar-refractivity contribution in [1.82, 2.24) is 10.1 Å². The van der Waals surface area contributed by atoms with E-state index in [0.29, 0.717) is 17.1 Å². The lowest BCUT2D eigenvalue weighted by atomic mass is 10.2. The number of rotatable bonds is 2. The summed E-state index contributed by atoms with van der Waals surface area (Å²) in [7, 11) is 0. The molecule has 0 bridgehead atoms. The van der Waals surface area contributed by atoms with E-state index in [1.807, 2.05) is 0 Å². The zero-order chi connectivity index (χ0) is 10.1. The zero-order valence-corrected chi connectivity index (χ0v) is 7.44. The molecule has 0 saturated heterocycles. The fraction of sp³-hybridized carbons (Fsp3) is 0.111. The van der Waals surface area contributed by atoms with Gasteiger partial charge in [0, 0.05) is 12.3 Å². The number of carbonyl (C=O) groups is 1. The Labute approximate surface area is 79.3 Å². The average Bonchev–Trinajstić information content (AvgIpc) is 2.70. The molecule has 0 fully saturated rings. The Bertz CT molecular complexity index is 470. The molecular formula is C9H8N2O3. The van der Waals surface area contributed by atoms with Gasteiger partial charge in [-0.05, 0) is 13.0 Å². The minimum atomic E-state index is -0.984. The van der Waals surface area contributed by atoms with E-state index in [0.717, 1.165) is 0 Å². The van der Waals surface area contributed by atoms with Crippen molar-refractivity contribution in [3.8, 4) is 11.4 Å². The highest BCUT2D eigenvalue weighted by molar-refractivity contribution is 5.94. The number of aromatic carboxylic acids is 1. The third kappa shape index (κ3) is 1.28. The molecule has 2 heterocycles. The van der Waals surface area contributed by atoms with Gasteiger partial charge in [0.05, 0.1) is 11.3 Å². The van der Waals surface area contributed by atoms with Crippen LogP contribution in [-0.4, -0.2) is 21.2 Å². The predicted octanol–water partition coefficient (Wildman–Crippen LogP) is 1.68. The van der Waals surface area contributed by atoms with Gasteiger partial charge >= 0.3 is 5.97 Å². The number of carboxylic acids is 1. The van der Waals surface area contributed by atoms with E-state index >= 15 is 0 Å². The van der Waals surface area contributed by atoms with Gasteiger partial charge in [-0.2, -0.15) is 0 Å². The van der Waals surface area contributed by atoms with Crippen LogP contribution < -0.4 is 0 Å². The Kier molecular flexibility index (Phi) is 1.85. The first-order valence-corrected chi connectivity index (χ1v) is 4.03. The van der Waals surface area contributed by atoms with Crippen molar-refractivity contribution in [2.75, 3.05) is 0 Å². The van der Waals surface area contributed by atoms with Crippen LogP contribution in [0.1, 0.15) is 16.1 Å². The summed E-state index contributed by atoms with van der Waals surface area (Å²) in [6, 6.07) is 3.17. The molecule has 0 saturated carbocycles. The molecular weight excluding hydrogens is 184 g/mol. The smallest absolute Gasteiger partial charge is 0.337 e. The third-order valence-corrected chi connectivity index (χ3v) is 1.86. The summed E-state index contributed by atoms with van der Waals surface area (Å²) >= 11 is 0. The summed E-state index contributed by atoms with van der Waals surface area (Å²) in [5, 5.41) is 12.6. The standard InChI is InChI=1S/C9H8N2O3/c1-5-4-7(11-14-5)8-6(9(12)13)2-3-10-8/h2-4,10H,1H3,(H,12,13). The normalized spacial score (nSPS) is 10.4. The summed E-state index contributed by atoms with van der Waals surface area (Å²) in [4.78, 5) is 13.6. The maximum Gasteiger partial charge on any atom is 0.337 e. The quantitative estimate of drug-likeness (QED) is 0.758. The number of hydrogen-bond acceptors (Lipinski definition) is 3. The number of aryl methyl sites for hydroxylation is 1. The van der Waals surface area contributed by atoms with Crippen molar-refractivity contribution >= 4 is 5.97 Å². The van der Waals surface area contributed by atoms with Gasteiger partial charge in [-0.15, -0.1) is 0 Å². The van der Waals surface area contributed by atoms with Crippen LogP contribution in [0.15, 0.2) is 22.9 Å². The van der Waals surface area contributed by atoms with Crippen LogP contribution in [0.3, 0.4) is 0 Å². The molecule has 5 nitrogen and oxygen atoms in total. The SMILES string of the molecule is Cc1cc(-c2[nH]ccc2C(=O)O)no1. The Balaban J connectivity index is 2.51. The number of hydrogen-bond donors (Lipinski definition) is 2. The minimum Gasteiger partial charge on any atom is -0.478 e. The zero-order valence-electron chi connectivity index (χ0n) is 7.44. The van der Waals surface area contributed by atoms with E-state index in [4.69, 9.17) is 9.63 Å². The monoisotopic (exact) mass is 192 g/mol. The first-order chi connectivity index (χ1) is 6.68. The maximum absolute atomic E-state index is 10.8. The molecule has 0 aliphatic heterocycles. The molecule has 5 heteroatoms. The molecule has 2 aromatic rings. The van der Waals surface area contributed by atoms with Gasteiger partial charge in [-0.1, -0.05) is 5.16 Å². The molecule has 0 aliphatic rings. The van der Waals surface area contributed by atoms with Gasteiger partial charge in [0.2, 0.25) is 0 Å². The fourth-order valence-electron chi connectivity index (χ4n) is 1.24. The number of nitrogens with one attached hydrogen (secondary N) is 1. The minimum absolute atomic E-state index is 0.193. The Morgan fingerprint density at radius 1 is 1.64 bits per heavy atom. The summed E-state index contributed by atoms with van der Waals surface area (Å²) in [6.45, 7) is 1.75. The van der Waals surface area contributed by atoms with Crippen LogP contribution in [0.2, 0.25) is 0 Å². The first-order valence-electron chi connectivity index (χ1n) is 4.03. The molecule has 14 heavy (non-hydrogen) atoms. The molecule has 0 aromatic carbocycles. The van der Waals surface area contributed by atoms with Crippen molar-refractivity contribution in [2.24, 2.45) is 0 Å². The lowest BCUT2D eigenvalue weighted by molar-refractivity contribution is 0.0698. The number of carboxylic acid groups (broad SMARTS) is 1. The van der Waals surface area contributed by atoms with Crippen LogP contribution in [0.5, 0.6) is 0 Å². The van der Waals surface area contributed by atoms with Crippen molar-refractivity contribution in [3.05, 3.63) is 29.7 Å². The van der Waals surface area contributed by atoms with Crippen LogP contribution >= 0.6 is 0 Å². The Morgan fingerprint density at radius 2 is 2.43 bits per heavy atom. The predicted molar refractivity (Wildman–Crippen MR) is 48.0 cm³/mol. The number of aromatic nitrogens is 2. The number of nitrogens with zero attached hydrogens (tertiary/aromatic N) is 1.